The fourth-order valence-corrected chi connectivity index (χ4v) is 3.73. The highest BCUT2D eigenvalue weighted by Crippen LogP contribution is 2.26. The summed E-state index contributed by atoms with van der Waals surface area (Å²) in [6.45, 7) is 4.39. The molecule has 1 atom stereocenters. The Bertz CT molecular complexity index is 584. The third kappa shape index (κ3) is 3.96. The molecule has 114 valence electrons. The highest BCUT2D eigenvalue weighted by Gasteiger charge is 2.25. The standard InChI is InChI=1S/C16H21N3S.ClH/c1-12-5-2-3-6-13(12)9-14-7-4-8-19(14)11-15-10-18-16(17)20-15;/h2-3,5-6,10,14H,4,7-9,11H2,1H3,(H2,17,18);1H. The van der Waals surface area contributed by atoms with Crippen LogP contribution in [0, 0.1) is 6.92 Å². The van der Waals surface area contributed by atoms with E-state index in [1.807, 2.05) is 6.20 Å². The molecule has 2 N–H and O–H groups in total. The Morgan fingerprint density at radius 3 is 2.90 bits per heavy atom. The molecule has 0 amide bonds. The molecule has 0 saturated carbocycles. The first-order valence-corrected chi connectivity index (χ1v) is 8.03. The Kier molecular flexibility index (Phi) is 5.62. The number of hydrogen-bond acceptors (Lipinski definition) is 4. The maximum absolute atomic E-state index is 5.72. The monoisotopic (exact) mass is 323 g/mol. The molecule has 1 aliphatic heterocycles. The Morgan fingerprint density at radius 2 is 2.19 bits per heavy atom. The molecule has 0 bridgehead atoms. The van der Waals surface area contributed by atoms with E-state index in [1.165, 1.54) is 35.4 Å². The molecule has 1 fully saturated rings. The van der Waals surface area contributed by atoms with Gasteiger partial charge in [-0.15, -0.1) is 23.7 Å². The first-order chi connectivity index (χ1) is 9.72. The lowest BCUT2D eigenvalue weighted by atomic mass is 10.00. The van der Waals surface area contributed by atoms with Crippen LogP contribution in [0.3, 0.4) is 0 Å². The van der Waals surface area contributed by atoms with Gasteiger partial charge in [0.05, 0.1) is 0 Å². The number of benzene rings is 1. The predicted octanol–water partition coefficient (Wildman–Crippen LogP) is 3.66. The van der Waals surface area contributed by atoms with Gasteiger partial charge >= 0.3 is 0 Å². The summed E-state index contributed by atoms with van der Waals surface area (Å²) in [5.74, 6) is 0. The molecule has 1 aromatic heterocycles. The zero-order valence-electron chi connectivity index (χ0n) is 12.3. The SMILES string of the molecule is Cc1ccccc1CC1CCCN1Cc1cnc(N)s1.Cl. The van der Waals surface area contributed by atoms with Crippen molar-refractivity contribution in [1.82, 2.24) is 9.88 Å². The van der Waals surface area contributed by atoms with Crippen molar-refractivity contribution in [2.45, 2.75) is 38.8 Å². The van der Waals surface area contributed by atoms with Crippen LogP contribution in [-0.2, 0) is 13.0 Å². The second kappa shape index (κ2) is 7.25. The van der Waals surface area contributed by atoms with Gasteiger partial charge in [-0.3, -0.25) is 4.90 Å². The van der Waals surface area contributed by atoms with Crippen LogP contribution in [0.1, 0.15) is 28.8 Å². The van der Waals surface area contributed by atoms with Crippen molar-refractivity contribution in [3.8, 4) is 0 Å². The van der Waals surface area contributed by atoms with E-state index in [-0.39, 0.29) is 12.4 Å². The van der Waals surface area contributed by atoms with E-state index in [1.54, 1.807) is 11.3 Å². The molecule has 1 saturated heterocycles. The minimum atomic E-state index is 0. The summed E-state index contributed by atoms with van der Waals surface area (Å²) in [4.78, 5) is 8.01. The second-order valence-corrected chi connectivity index (χ2v) is 6.71. The van der Waals surface area contributed by atoms with Crippen molar-refractivity contribution < 1.29 is 0 Å². The van der Waals surface area contributed by atoms with Crippen LogP contribution in [0.2, 0.25) is 0 Å². The highest BCUT2D eigenvalue weighted by atomic mass is 35.5. The zero-order chi connectivity index (χ0) is 13.9. The Balaban J connectivity index is 0.00000161. The van der Waals surface area contributed by atoms with Crippen molar-refractivity contribution in [2.75, 3.05) is 12.3 Å². The largest absolute Gasteiger partial charge is 0.375 e. The van der Waals surface area contributed by atoms with Gasteiger partial charge in [-0.1, -0.05) is 24.3 Å². The fraction of sp³-hybridized carbons (Fsp3) is 0.438. The quantitative estimate of drug-likeness (QED) is 0.933. The van der Waals surface area contributed by atoms with Gasteiger partial charge in [0.25, 0.3) is 0 Å². The topological polar surface area (TPSA) is 42.2 Å². The van der Waals surface area contributed by atoms with Crippen molar-refractivity contribution in [3.63, 3.8) is 0 Å². The number of likely N-dealkylation sites (tertiary alicyclic amines) is 1. The number of halogens is 1. The van der Waals surface area contributed by atoms with Gasteiger partial charge in [0.1, 0.15) is 0 Å². The molecule has 3 rings (SSSR count). The molecule has 1 aliphatic rings. The first kappa shape index (κ1) is 16.3. The second-order valence-electron chi connectivity index (χ2n) is 5.56. The van der Waals surface area contributed by atoms with E-state index in [0.717, 1.165) is 13.0 Å². The van der Waals surface area contributed by atoms with Crippen LogP contribution in [0.25, 0.3) is 0 Å². The van der Waals surface area contributed by atoms with Crippen LogP contribution < -0.4 is 5.73 Å². The van der Waals surface area contributed by atoms with Gasteiger partial charge < -0.3 is 5.73 Å². The van der Waals surface area contributed by atoms with Crippen LogP contribution in [-0.4, -0.2) is 22.5 Å². The average molecular weight is 324 g/mol. The zero-order valence-corrected chi connectivity index (χ0v) is 13.9. The van der Waals surface area contributed by atoms with E-state index in [9.17, 15) is 0 Å². The minimum absolute atomic E-state index is 0. The van der Waals surface area contributed by atoms with Gasteiger partial charge in [-0.2, -0.15) is 0 Å². The van der Waals surface area contributed by atoms with E-state index in [0.29, 0.717) is 11.2 Å². The Morgan fingerprint density at radius 1 is 1.38 bits per heavy atom. The lowest BCUT2D eigenvalue weighted by Gasteiger charge is -2.24. The molecular formula is C16H22ClN3S. The Labute approximate surface area is 136 Å². The van der Waals surface area contributed by atoms with Crippen molar-refractivity contribution >= 4 is 28.9 Å². The van der Waals surface area contributed by atoms with E-state index in [4.69, 9.17) is 5.73 Å². The Hall–Kier alpha value is -1.10. The smallest absolute Gasteiger partial charge is 0.180 e. The van der Waals surface area contributed by atoms with Crippen LogP contribution in [0.4, 0.5) is 5.13 Å². The summed E-state index contributed by atoms with van der Waals surface area (Å²) in [6.07, 6.45) is 5.66. The highest BCUT2D eigenvalue weighted by molar-refractivity contribution is 7.15. The molecular weight excluding hydrogens is 302 g/mol. The molecule has 2 heterocycles. The van der Waals surface area contributed by atoms with Crippen molar-refractivity contribution in [2.24, 2.45) is 0 Å². The lowest BCUT2D eigenvalue weighted by Crippen LogP contribution is -2.30. The van der Waals surface area contributed by atoms with Gasteiger partial charge in [0.2, 0.25) is 0 Å². The summed E-state index contributed by atoms with van der Waals surface area (Å²) in [6, 6.07) is 9.38. The fourth-order valence-electron chi connectivity index (χ4n) is 3.02. The number of aromatic nitrogens is 1. The molecule has 0 spiro atoms. The summed E-state index contributed by atoms with van der Waals surface area (Å²) >= 11 is 1.61. The van der Waals surface area contributed by atoms with Gasteiger partial charge in [0.15, 0.2) is 5.13 Å². The number of aryl methyl sites for hydroxylation is 1. The van der Waals surface area contributed by atoms with Crippen molar-refractivity contribution in [3.05, 3.63) is 46.5 Å². The van der Waals surface area contributed by atoms with Crippen molar-refractivity contribution in [1.29, 1.82) is 0 Å². The van der Waals surface area contributed by atoms with Crippen LogP contribution in [0.15, 0.2) is 30.5 Å². The first-order valence-electron chi connectivity index (χ1n) is 7.21. The number of nitrogens with zero attached hydrogens (tertiary/aromatic N) is 2. The predicted molar refractivity (Wildman–Crippen MR) is 92.1 cm³/mol. The average Bonchev–Trinajstić information content (AvgIpc) is 3.03. The third-order valence-electron chi connectivity index (χ3n) is 4.15. The summed E-state index contributed by atoms with van der Waals surface area (Å²) in [5.41, 5.74) is 8.60. The van der Waals surface area contributed by atoms with E-state index >= 15 is 0 Å². The third-order valence-corrected chi connectivity index (χ3v) is 4.96. The molecule has 1 unspecified atom stereocenters. The number of thiazole rings is 1. The van der Waals surface area contributed by atoms with E-state index in [2.05, 4.69) is 41.1 Å². The molecule has 5 heteroatoms. The van der Waals surface area contributed by atoms with Gasteiger partial charge in [-0.25, -0.2) is 4.98 Å². The normalized spacial score (nSPS) is 18.6. The number of nitrogen functional groups attached to an aromatic ring is 1. The molecule has 3 nitrogen and oxygen atoms in total. The van der Waals surface area contributed by atoms with Gasteiger partial charge in [0, 0.05) is 23.7 Å². The molecule has 0 radical (unpaired) electrons. The van der Waals surface area contributed by atoms with E-state index < -0.39 is 0 Å². The van der Waals surface area contributed by atoms with Gasteiger partial charge in [-0.05, 0) is 43.9 Å². The molecule has 1 aromatic carbocycles. The number of hydrogen-bond donors (Lipinski definition) is 1. The minimum Gasteiger partial charge on any atom is -0.375 e. The maximum Gasteiger partial charge on any atom is 0.180 e. The lowest BCUT2D eigenvalue weighted by molar-refractivity contribution is 0.246. The summed E-state index contributed by atoms with van der Waals surface area (Å²) < 4.78 is 0. The molecule has 21 heavy (non-hydrogen) atoms. The van der Waals surface area contributed by atoms with Crippen LogP contribution in [0.5, 0.6) is 0 Å². The van der Waals surface area contributed by atoms with Crippen LogP contribution >= 0.6 is 23.7 Å². The number of rotatable bonds is 4. The molecule has 0 aliphatic carbocycles. The maximum atomic E-state index is 5.72. The summed E-state index contributed by atoms with van der Waals surface area (Å²) in [5, 5.41) is 0.676. The number of anilines is 1. The molecule has 2 aromatic rings. The summed E-state index contributed by atoms with van der Waals surface area (Å²) in [7, 11) is 0. The number of nitrogens with two attached hydrogens (primary N) is 1.